The Morgan fingerprint density at radius 3 is 3.29 bits per heavy atom. The van der Waals surface area contributed by atoms with E-state index in [2.05, 4.69) is 20.6 Å². The number of nitrogens with one attached hydrogen (secondary N) is 3. The Balaban J connectivity index is 1.77. The second kappa shape index (κ2) is 4.23. The van der Waals surface area contributed by atoms with Crippen LogP contribution in [0.1, 0.15) is 18.5 Å². The van der Waals surface area contributed by atoms with E-state index in [1.54, 1.807) is 12.5 Å². The maximum absolute atomic E-state index is 11.5. The number of carbonyl (C=O) groups excluding carboxylic acids is 1. The molecule has 5 nitrogen and oxygen atoms in total. The van der Waals surface area contributed by atoms with Crippen molar-refractivity contribution in [2.45, 2.75) is 25.4 Å². The van der Waals surface area contributed by atoms with Crippen LogP contribution in [0.15, 0.2) is 12.5 Å². The molecule has 1 aliphatic heterocycles. The van der Waals surface area contributed by atoms with Crippen molar-refractivity contribution in [3.8, 4) is 0 Å². The standard InChI is InChI=1S/C9H14N4O/c14-9(8-2-1-3-11-8)12-5-7-4-10-6-13-7/h4,6,8,11H,1-3,5H2,(H,10,13)(H,12,14)/t8-/m1/s1. The molecule has 0 radical (unpaired) electrons. The lowest BCUT2D eigenvalue weighted by molar-refractivity contribution is -0.122. The third-order valence-electron chi connectivity index (χ3n) is 2.38. The van der Waals surface area contributed by atoms with E-state index in [9.17, 15) is 4.79 Å². The molecule has 1 atom stereocenters. The predicted octanol–water partition coefficient (Wildman–Crippen LogP) is -0.222. The summed E-state index contributed by atoms with van der Waals surface area (Å²) in [5.41, 5.74) is 0.927. The first kappa shape index (κ1) is 9.21. The van der Waals surface area contributed by atoms with Crippen LogP contribution in [0.3, 0.4) is 0 Å². The average molecular weight is 194 g/mol. The molecule has 5 heteroatoms. The summed E-state index contributed by atoms with van der Waals surface area (Å²) in [4.78, 5) is 18.3. The molecule has 0 aliphatic carbocycles. The van der Waals surface area contributed by atoms with Gasteiger partial charge in [-0.2, -0.15) is 0 Å². The van der Waals surface area contributed by atoms with Crippen LogP contribution in [-0.2, 0) is 11.3 Å². The molecule has 3 N–H and O–H groups in total. The van der Waals surface area contributed by atoms with Crippen molar-refractivity contribution in [1.82, 2.24) is 20.6 Å². The van der Waals surface area contributed by atoms with E-state index in [4.69, 9.17) is 0 Å². The van der Waals surface area contributed by atoms with Gasteiger partial charge in [0.25, 0.3) is 0 Å². The Bertz CT molecular complexity index is 290. The number of amides is 1. The first-order valence-corrected chi connectivity index (χ1v) is 4.84. The molecule has 0 spiro atoms. The zero-order valence-corrected chi connectivity index (χ0v) is 7.92. The topological polar surface area (TPSA) is 69.8 Å². The molecule has 76 valence electrons. The van der Waals surface area contributed by atoms with Gasteiger partial charge in [0.1, 0.15) is 0 Å². The van der Waals surface area contributed by atoms with Gasteiger partial charge in [0, 0.05) is 6.20 Å². The van der Waals surface area contributed by atoms with Crippen LogP contribution in [0.25, 0.3) is 0 Å². The lowest BCUT2D eigenvalue weighted by Crippen LogP contribution is -2.40. The minimum Gasteiger partial charge on any atom is -0.349 e. The van der Waals surface area contributed by atoms with Crippen molar-refractivity contribution < 1.29 is 4.79 Å². The molecule has 0 bridgehead atoms. The smallest absolute Gasteiger partial charge is 0.237 e. The summed E-state index contributed by atoms with van der Waals surface area (Å²) in [5, 5.41) is 6.00. The van der Waals surface area contributed by atoms with Crippen LogP contribution >= 0.6 is 0 Å². The lowest BCUT2D eigenvalue weighted by Gasteiger charge is -2.09. The van der Waals surface area contributed by atoms with Crippen LogP contribution in [0.5, 0.6) is 0 Å². The highest BCUT2D eigenvalue weighted by molar-refractivity contribution is 5.81. The molecule has 0 unspecified atom stereocenters. The fourth-order valence-electron chi connectivity index (χ4n) is 1.60. The van der Waals surface area contributed by atoms with Crippen LogP contribution in [0, 0.1) is 0 Å². The molecule has 1 saturated heterocycles. The fourth-order valence-corrected chi connectivity index (χ4v) is 1.60. The van der Waals surface area contributed by atoms with Crippen molar-refractivity contribution in [2.75, 3.05) is 6.54 Å². The van der Waals surface area contributed by atoms with Gasteiger partial charge in [-0.15, -0.1) is 0 Å². The molecule has 1 amide bonds. The van der Waals surface area contributed by atoms with Gasteiger partial charge in [-0.3, -0.25) is 4.79 Å². The maximum atomic E-state index is 11.5. The van der Waals surface area contributed by atoms with Gasteiger partial charge in [0.15, 0.2) is 0 Å². The number of imidazole rings is 1. The van der Waals surface area contributed by atoms with Crippen molar-refractivity contribution >= 4 is 5.91 Å². The Kier molecular flexibility index (Phi) is 2.78. The Labute approximate surface area is 82.3 Å². The molecule has 14 heavy (non-hydrogen) atoms. The largest absolute Gasteiger partial charge is 0.349 e. The van der Waals surface area contributed by atoms with Gasteiger partial charge in [0.2, 0.25) is 5.91 Å². The summed E-state index contributed by atoms with van der Waals surface area (Å²) >= 11 is 0. The zero-order valence-electron chi connectivity index (χ0n) is 7.92. The predicted molar refractivity (Wildman–Crippen MR) is 51.5 cm³/mol. The van der Waals surface area contributed by atoms with Crippen LogP contribution in [0.2, 0.25) is 0 Å². The second-order valence-electron chi connectivity index (χ2n) is 3.44. The summed E-state index contributed by atoms with van der Waals surface area (Å²) in [6.45, 7) is 1.47. The first-order valence-electron chi connectivity index (χ1n) is 4.84. The molecule has 2 rings (SSSR count). The number of aromatic nitrogens is 2. The van der Waals surface area contributed by atoms with E-state index in [1.165, 1.54) is 0 Å². The van der Waals surface area contributed by atoms with Crippen molar-refractivity contribution in [2.24, 2.45) is 0 Å². The van der Waals surface area contributed by atoms with Crippen LogP contribution in [-0.4, -0.2) is 28.5 Å². The van der Waals surface area contributed by atoms with Gasteiger partial charge < -0.3 is 15.6 Å². The third-order valence-corrected chi connectivity index (χ3v) is 2.38. The Morgan fingerprint density at radius 2 is 2.64 bits per heavy atom. The molecule has 1 fully saturated rings. The van der Waals surface area contributed by atoms with E-state index in [0.29, 0.717) is 6.54 Å². The van der Waals surface area contributed by atoms with E-state index >= 15 is 0 Å². The highest BCUT2D eigenvalue weighted by atomic mass is 16.2. The van der Waals surface area contributed by atoms with E-state index in [1.807, 2.05) is 0 Å². The third kappa shape index (κ3) is 2.11. The van der Waals surface area contributed by atoms with E-state index in [0.717, 1.165) is 25.1 Å². The molecular weight excluding hydrogens is 180 g/mol. The number of hydrogen-bond donors (Lipinski definition) is 3. The normalized spacial score (nSPS) is 21.0. The van der Waals surface area contributed by atoms with Gasteiger partial charge in [-0.25, -0.2) is 4.98 Å². The maximum Gasteiger partial charge on any atom is 0.237 e. The number of carbonyl (C=O) groups is 1. The van der Waals surface area contributed by atoms with Crippen molar-refractivity contribution in [3.63, 3.8) is 0 Å². The van der Waals surface area contributed by atoms with Crippen molar-refractivity contribution in [3.05, 3.63) is 18.2 Å². The van der Waals surface area contributed by atoms with Gasteiger partial charge in [0.05, 0.1) is 24.6 Å². The van der Waals surface area contributed by atoms with Gasteiger partial charge >= 0.3 is 0 Å². The van der Waals surface area contributed by atoms with Crippen LogP contribution < -0.4 is 10.6 Å². The summed E-state index contributed by atoms with van der Waals surface area (Å²) < 4.78 is 0. The van der Waals surface area contributed by atoms with Gasteiger partial charge in [-0.1, -0.05) is 0 Å². The molecule has 2 heterocycles. The summed E-state index contributed by atoms with van der Waals surface area (Å²) in [7, 11) is 0. The lowest BCUT2D eigenvalue weighted by atomic mass is 10.2. The van der Waals surface area contributed by atoms with E-state index < -0.39 is 0 Å². The molecule has 1 aromatic heterocycles. The number of rotatable bonds is 3. The molecule has 0 saturated carbocycles. The molecule has 1 aromatic rings. The number of H-pyrrole nitrogens is 1. The van der Waals surface area contributed by atoms with Crippen LogP contribution in [0.4, 0.5) is 0 Å². The van der Waals surface area contributed by atoms with Crippen molar-refractivity contribution in [1.29, 1.82) is 0 Å². The number of nitrogens with zero attached hydrogens (tertiary/aromatic N) is 1. The fraction of sp³-hybridized carbons (Fsp3) is 0.556. The molecular formula is C9H14N4O. The summed E-state index contributed by atoms with van der Waals surface area (Å²) in [6, 6.07) is -0.00192. The minimum absolute atomic E-state index is 0.00192. The minimum atomic E-state index is -0.00192. The molecule has 1 aliphatic rings. The highest BCUT2D eigenvalue weighted by Crippen LogP contribution is 2.04. The first-order chi connectivity index (χ1) is 6.86. The molecule has 0 aromatic carbocycles. The average Bonchev–Trinajstić information content (AvgIpc) is 2.87. The van der Waals surface area contributed by atoms with E-state index in [-0.39, 0.29) is 11.9 Å². The monoisotopic (exact) mass is 194 g/mol. The zero-order chi connectivity index (χ0) is 9.80. The van der Waals surface area contributed by atoms with Gasteiger partial charge in [-0.05, 0) is 19.4 Å². The quantitative estimate of drug-likeness (QED) is 0.623. The summed E-state index contributed by atoms with van der Waals surface area (Å²) in [6.07, 6.45) is 5.34. The second-order valence-corrected chi connectivity index (χ2v) is 3.44. The number of aromatic amines is 1. The SMILES string of the molecule is O=C(NCc1cnc[nH]1)[C@H]1CCCN1. The Morgan fingerprint density at radius 1 is 1.71 bits per heavy atom. The summed E-state index contributed by atoms with van der Waals surface area (Å²) in [5.74, 6) is 0.0806. The Hall–Kier alpha value is -1.36. The highest BCUT2D eigenvalue weighted by Gasteiger charge is 2.21. The number of hydrogen-bond acceptors (Lipinski definition) is 3.